The van der Waals surface area contributed by atoms with Gasteiger partial charge in [-0.1, -0.05) is 0 Å². The van der Waals surface area contributed by atoms with Gasteiger partial charge in [0.05, 0.1) is 28.1 Å². The molecule has 0 bridgehead atoms. The summed E-state index contributed by atoms with van der Waals surface area (Å²) >= 11 is 0. The van der Waals surface area contributed by atoms with Gasteiger partial charge in [0, 0.05) is 0 Å². The van der Waals surface area contributed by atoms with Crippen LogP contribution in [0.15, 0.2) is 0 Å². The van der Waals surface area contributed by atoms with Crippen molar-refractivity contribution < 1.29 is 44.7 Å². The molecule has 0 saturated carbocycles. The van der Waals surface area contributed by atoms with Crippen LogP contribution >= 0.6 is 0 Å². The van der Waals surface area contributed by atoms with Crippen LogP contribution in [0.2, 0.25) is 0 Å². The van der Waals surface area contributed by atoms with E-state index in [1.807, 2.05) is 0 Å². The molecule has 0 atom stereocenters. The summed E-state index contributed by atoms with van der Waals surface area (Å²) in [6.45, 7) is 2.41. The fourth-order valence-corrected chi connectivity index (χ4v) is 2.72. The maximum absolute atomic E-state index is 14.5. The van der Waals surface area contributed by atoms with Crippen molar-refractivity contribution in [3.05, 3.63) is 40.0 Å². The van der Waals surface area contributed by atoms with Gasteiger partial charge < -0.3 is 5.21 Å². The molecule has 1 aliphatic carbocycles. The maximum Gasteiger partial charge on any atom is 0.380 e. The molecule has 3 rings (SSSR count). The Morgan fingerprint density at radius 1 is 0.808 bits per heavy atom. The number of aromatic nitrogens is 2. The molecule has 0 aliphatic heterocycles. The van der Waals surface area contributed by atoms with E-state index in [0.717, 1.165) is 0 Å². The molecular weight excluding hydrogens is 383 g/mol. The number of hydrogen-bond acceptors (Lipinski definition) is 2. The maximum atomic E-state index is 14.5. The lowest BCUT2D eigenvalue weighted by molar-refractivity contribution is -0.303. The number of aryl methyl sites for hydroxylation is 1. The molecule has 0 unspecified atom stereocenters. The van der Waals surface area contributed by atoms with E-state index in [4.69, 9.17) is 0 Å². The van der Waals surface area contributed by atoms with Crippen molar-refractivity contribution in [2.45, 2.75) is 31.6 Å². The van der Waals surface area contributed by atoms with Crippen LogP contribution in [0, 0.1) is 31.3 Å². The molecule has 1 aromatic heterocycles. The Kier molecular flexibility index (Phi) is 3.43. The van der Waals surface area contributed by atoms with Crippen LogP contribution in [0.25, 0.3) is 11.4 Å². The average molecular weight is 390 g/mol. The number of fused-ring (bicyclic) bond motifs is 1. The van der Waals surface area contributed by atoms with Crippen molar-refractivity contribution in [1.29, 1.82) is 0 Å². The Bertz CT molecular complexity index is 949. The number of alkyl halides is 6. The third kappa shape index (κ3) is 1.79. The third-order valence-electron chi connectivity index (χ3n) is 4.28. The van der Waals surface area contributed by atoms with Gasteiger partial charge in [-0.2, -0.15) is 31.1 Å². The molecule has 0 radical (unpaired) electrons. The Morgan fingerprint density at radius 2 is 1.27 bits per heavy atom. The van der Waals surface area contributed by atoms with E-state index >= 15 is 0 Å². The summed E-state index contributed by atoms with van der Waals surface area (Å²) in [5.41, 5.74) is -7.42. The van der Waals surface area contributed by atoms with Gasteiger partial charge in [0.1, 0.15) is 5.82 Å². The molecule has 26 heavy (non-hydrogen) atoms. The first kappa shape index (κ1) is 18.4. The highest BCUT2D eigenvalue weighted by molar-refractivity contribution is 5.64. The van der Waals surface area contributed by atoms with Crippen molar-refractivity contribution in [3.8, 4) is 11.4 Å². The first-order valence-electron chi connectivity index (χ1n) is 6.80. The lowest BCUT2D eigenvalue weighted by Gasteiger charge is -2.23. The summed E-state index contributed by atoms with van der Waals surface area (Å²) in [7, 11) is 0. The minimum atomic E-state index is -6.20. The number of halogens is 9. The summed E-state index contributed by atoms with van der Waals surface area (Å²) in [6.07, 6.45) is 0. The van der Waals surface area contributed by atoms with Gasteiger partial charge in [-0.3, -0.25) is 0 Å². The van der Waals surface area contributed by atoms with E-state index in [1.165, 1.54) is 13.8 Å². The molecular formula is C14H7F9N2O. The lowest BCUT2D eigenvalue weighted by atomic mass is 10.0. The van der Waals surface area contributed by atoms with Gasteiger partial charge in [0.25, 0.3) is 0 Å². The predicted octanol–water partition coefficient (Wildman–Crippen LogP) is 4.65. The minimum absolute atomic E-state index is 0.00790. The molecule has 0 amide bonds. The van der Waals surface area contributed by atoms with Crippen LogP contribution in [-0.2, 0) is 11.8 Å². The molecule has 0 saturated heterocycles. The Hall–Kier alpha value is -2.40. The normalized spacial score (nSPS) is 19.7. The molecule has 1 aliphatic rings. The van der Waals surface area contributed by atoms with Gasteiger partial charge in [0.2, 0.25) is 0 Å². The topological polar surface area (TPSA) is 38.0 Å². The van der Waals surface area contributed by atoms with Crippen LogP contribution in [0.4, 0.5) is 39.5 Å². The van der Waals surface area contributed by atoms with Gasteiger partial charge in [-0.05, 0) is 13.8 Å². The van der Waals surface area contributed by atoms with Crippen LogP contribution in [0.3, 0.4) is 0 Å². The first-order valence-corrected chi connectivity index (χ1v) is 6.80. The smallest absolute Gasteiger partial charge is 0.380 e. The summed E-state index contributed by atoms with van der Waals surface area (Å²) in [4.78, 5) is 3.44. The predicted molar refractivity (Wildman–Crippen MR) is 66.9 cm³/mol. The van der Waals surface area contributed by atoms with Gasteiger partial charge in [-0.25, -0.2) is 18.2 Å². The fraction of sp³-hybridized carbons (Fsp3) is 0.357. The van der Waals surface area contributed by atoms with Crippen molar-refractivity contribution in [1.82, 2.24) is 9.71 Å². The average Bonchev–Trinajstić information content (AvgIpc) is 2.82. The van der Waals surface area contributed by atoms with E-state index < -0.39 is 57.7 Å². The summed E-state index contributed by atoms with van der Waals surface area (Å²) in [5.74, 6) is -26.9. The molecule has 0 spiro atoms. The van der Waals surface area contributed by atoms with Crippen molar-refractivity contribution in [3.63, 3.8) is 0 Å². The highest BCUT2D eigenvalue weighted by Gasteiger charge is 2.81. The number of benzene rings is 1. The largest absolute Gasteiger partial charge is 0.427 e. The minimum Gasteiger partial charge on any atom is -0.427 e. The zero-order valence-electron chi connectivity index (χ0n) is 12.7. The highest BCUT2D eigenvalue weighted by atomic mass is 19.3. The highest BCUT2D eigenvalue weighted by Crippen LogP contribution is 2.64. The third-order valence-corrected chi connectivity index (χ3v) is 4.28. The molecule has 1 aromatic carbocycles. The fourth-order valence-electron chi connectivity index (χ4n) is 2.72. The second-order valence-corrected chi connectivity index (χ2v) is 5.71. The first-order chi connectivity index (χ1) is 11.7. The Morgan fingerprint density at radius 3 is 1.69 bits per heavy atom. The molecule has 2 aromatic rings. The molecule has 3 nitrogen and oxygen atoms in total. The SMILES string of the molecule is Cc1nc(-c2c(F)c(F)c3c(c2F)C(F)(F)C(F)(F)C3(F)F)n(O)c1C. The second kappa shape index (κ2) is 4.86. The summed E-state index contributed by atoms with van der Waals surface area (Å²) < 4.78 is 124. The van der Waals surface area contributed by atoms with E-state index in [2.05, 4.69) is 4.98 Å². The Balaban J connectivity index is 2.49. The van der Waals surface area contributed by atoms with Gasteiger partial charge in [-0.15, -0.1) is 0 Å². The van der Waals surface area contributed by atoms with Crippen LogP contribution in [-0.4, -0.2) is 20.8 Å². The molecule has 1 N–H and O–H groups in total. The van der Waals surface area contributed by atoms with E-state index in [1.54, 1.807) is 0 Å². The number of imidazole rings is 1. The summed E-state index contributed by atoms with van der Waals surface area (Å²) in [5, 5.41) is 9.71. The van der Waals surface area contributed by atoms with Crippen LogP contribution < -0.4 is 0 Å². The monoisotopic (exact) mass is 390 g/mol. The molecule has 1 heterocycles. The summed E-state index contributed by atoms with van der Waals surface area (Å²) in [6, 6.07) is 0. The van der Waals surface area contributed by atoms with E-state index in [-0.39, 0.29) is 16.1 Å². The van der Waals surface area contributed by atoms with E-state index in [9.17, 15) is 44.7 Å². The zero-order valence-corrected chi connectivity index (χ0v) is 12.7. The number of hydrogen-bond donors (Lipinski definition) is 1. The number of nitrogens with zero attached hydrogens (tertiary/aromatic N) is 2. The van der Waals surface area contributed by atoms with Crippen molar-refractivity contribution in [2.24, 2.45) is 0 Å². The van der Waals surface area contributed by atoms with Crippen LogP contribution in [0.5, 0.6) is 0 Å². The standard InChI is InChI=1S/C14H7F9N2O/c1-3-4(2)25(26)11(24-3)5-8(15)6-7(10(17)9(5)16)13(20,21)14(22,23)12(6,18)19/h26H,1-2H3. The Labute approximate surface area is 138 Å². The van der Waals surface area contributed by atoms with Gasteiger partial charge in [0.15, 0.2) is 17.5 Å². The molecule has 142 valence electrons. The molecule has 0 fully saturated rings. The number of rotatable bonds is 1. The van der Waals surface area contributed by atoms with Gasteiger partial charge >= 0.3 is 17.8 Å². The van der Waals surface area contributed by atoms with Crippen LogP contribution in [0.1, 0.15) is 22.5 Å². The van der Waals surface area contributed by atoms with Crippen molar-refractivity contribution in [2.75, 3.05) is 0 Å². The van der Waals surface area contributed by atoms with E-state index in [0.29, 0.717) is 0 Å². The van der Waals surface area contributed by atoms with Crippen molar-refractivity contribution >= 4 is 0 Å². The lowest BCUT2D eigenvalue weighted by Crippen LogP contribution is -2.43. The quantitative estimate of drug-likeness (QED) is 0.437. The zero-order chi connectivity index (χ0) is 20.0. The molecule has 12 heteroatoms. The second-order valence-electron chi connectivity index (χ2n) is 5.71.